The van der Waals surface area contributed by atoms with E-state index < -0.39 is 147 Å². The Labute approximate surface area is 347 Å². The molecule has 2 spiro atoms. The molecule has 17 atom stereocenters. The quantitative estimate of drug-likeness (QED) is 0.196. The zero-order valence-corrected chi connectivity index (χ0v) is 35.9. The highest BCUT2D eigenvalue weighted by molar-refractivity contribution is 5.83. The molecule has 0 unspecified atom stereocenters. The second-order valence-corrected chi connectivity index (χ2v) is 20.0. The number of cyclic esters (lactones) is 1. The minimum Gasteiger partial charge on any atom is -0.472 e. The second-order valence-electron chi connectivity index (χ2n) is 20.0. The Kier molecular flexibility index (Phi) is 8.41. The number of hydrogen-bond acceptors (Lipinski definition) is 17. The van der Waals surface area contributed by atoms with Crippen molar-refractivity contribution in [2.75, 3.05) is 7.11 Å². The lowest BCUT2D eigenvalue weighted by atomic mass is 9.31. The summed E-state index contributed by atoms with van der Waals surface area (Å²) in [4.78, 5) is 71.1. The number of ether oxygens (including phenoxy) is 9. The molecule has 17 heteroatoms. The van der Waals surface area contributed by atoms with Crippen LogP contribution in [0.5, 0.6) is 0 Å². The molecule has 9 rings (SSSR count). The molecule has 0 aromatic carbocycles. The van der Waals surface area contributed by atoms with E-state index in [9.17, 15) is 34.2 Å². The summed E-state index contributed by atoms with van der Waals surface area (Å²) in [6, 6.07) is 1.62. The van der Waals surface area contributed by atoms with Crippen molar-refractivity contribution in [3.8, 4) is 0 Å². The summed E-state index contributed by atoms with van der Waals surface area (Å²) in [6.07, 6.45) is -5.20. The summed E-state index contributed by atoms with van der Waals surface area (Å²) in [6.45, 7) is 16.5. The van der Waals surface area contributed by atoms with E-state index in [-0.39, 0.29) is 12.8 Å². The SMILES string of the molecule is CC[C@H](C)C(=O)O[C@@H]1C[C@@]2(C)[C@H](c3ccoc3)OC(=O)C[C@]23O[C@@]2(C)O[C@@]34[C@H](OC(=O)C(C)C)[C@@]3(O)[C@@H](OC(=O)[C@]5(C)O[C@H]5C)[C@@]5(C)C[C@@]3(O)[C@@](C)([C@H]5CC(=O)OC)[C@@]14O2. The van der Waals surface area contributed by atoms with Crippen molar-refractivity contribution in [1.29, 1.82) is 0 Å². The number of methoxy groups -OCH3 is 1. The largest absolute Gasteiger partial charge is 0.472 e. The number of rotatable bonds is 10. The van der Waals surface area contributed by atoms with Gasteiger partial charge in [-0.1, -0.05) is 48.5 Å². The van der Waals surface area contributed by atoms with Gasteiger partial charge in [0, 0.05) is 35.2 Å². The summed E-state index contributed by atoms with van der Waals surface area (Å²) in [5.74, 6) is -8.52. The summed E-state index contributed by atoms with van der Waals surface area (Å²) in [5.41, 5.74) is -17.8. The number of carbonyl (C=O) groups is 5. The third-order valence-corrected chi connectivity index (χ3v) is 16.8. The number of epoxide rings is 1. The topological polar surface area (TPSA) is 225 Å². The Morgan fingerprint density at radius 2 is 1.60 bits per heavy atom. The fraction of sp³-hybridized carbons (Fsp3) is 0.791. The summed E-state index contributed by atoms with van der Waals surface area (Å²) >= 11 is 0. The van der Waals surface area contributed by atoms with Gasteiger partial charge in [0.1, 0.15) is 29.5 Å². The lowest BCUT2D eigenvalue weighted by Gasteiger charge is -2.79. The smallest absolute Gasteiger partial charge is 0.341 e. The Morgan fingerprint density at radius 3 is 2.18 bits per heavy atom. The van der Waals surface area contributed by atoms with Gasteiger partial charge in [-0.15, -0.1) is 0 Å². The molecular weight excluding hydrogens is 788 g/mol. The number of aliphatic hydroxyl groups is 2. The molecule has 60 heavy (non-hydrogen) atoms. The van der Waals surface area contributed by atoms with E-state index in [1.54, 1.807) is 54.5 Å². The number of hydrogen-bond donors (Lipinski definition) is 2. The fourth-order valence-corrected chi connectivity index (χ4v) is 13.7. The fourth-order valence-electron chi connectivity index (χ4n) is 13.7. The Hall–Kier alpha value is -3.61. The first-order chi connectivity index (χ1) is 27.8. The van der Waals surface area contributed by atoms with E-state index in [0.29, 0.717) is 12.0 Å². The molecule has 4 saturated heterocycles. The van der Waals surface area contributed by atoms with Crippen molar-refractivity contribution in [2.24, 2.45) is 34.0 Å². The lowest BCUT2D eigenvalue weighted by Crippen LogP contribution is -2.99. The monoisotopic (exact) mass is 844 g/mol. The van der Waals surface area contributed by atoms with Gasteiger partial charge in [0.15, 0.2) is 28.5 Å². The van der Waals surface area contributed by atoms with Crippen LogP contribution in [0.2, 0.25) is 0 Å². The molecule has 330 valence electrons. The van der Waals surface area contributed by atoms with E-state index in [4.69, 9.17) is 47.0 Å². The van der Waals surface area contributed by atoms with Gasteiger partial charge in [-0.3, -0.25) is 19.2 Å². The van der Waals surface area contributed by atoms with Gasteiger partial charge < -0.3 is 57.3 Å². The van der Waals surface area contributed by atoms with E-state index in [1.165, 1.54) is 33.5 Å². The lowest BCUT2D eigenvalue weighted by molar-refractivity contribution is -0.479. The van der Waals surface area contributed by atoms with Crippen molar-refractivity contribution in [3.05, 3.63) is 24.2 Å². The molecule has 2 N–H and O–H groups in total. The molecule has 0 amide bonds. The predicted molar refractivity (Wildman–Crippen MR) is 198 cm³/mol. The molecule has 8 aliphatic rings. The van der Waals surface area contributed by atoms with Crippen LogP contribution in [0, 0.1) is 34.0 Å². The average Bonchev–Trinajstić information content (AvgIpc) is 3.63. The third kappa shape index (κ3) is 4.28. The maximum Gasteiger partial charge on any atom is 0.341 e. The van der Waals surface area contributed by atoms with E-state index >= 15 is 0 Å². The summed E-state index contributed by atoms with van der Waals surface area (Å²) in [5, 5.41) is 28.1. The number of esters is 5. The number of furan rings is 1. The number of fused-ring (bicyclic) bond motifs is 2. The highest BCUT2D eigenvalue weighted by Crippen LogP contribution is 2.89. The van der Waals surface area contributed by atoms with Crippen molar-refractivity contribution < 1.29 is 81.2 Å². The van der Waals surface area contributed by atoms with Crippen molar-refractivity contribution in [1.82, 2.24) is 0 Å². The molecule has 1 aromatic rings. The first-order valence-corrected chi connectivity index (χ1v) is 21.0. The maximum atomic E-state index is 14.4. The van der Waals surface area contributed by atoms with Crippen LogP contribution < -0.4 is 0 Å². The van der Waals surface area contributed by atoms with Gasteiger partial charge in [0.05, 0.1) is 44.0 Å². The minimum absolute atomic E-state index is 0.151. The van der Waals surface area contributed by atoms with Crippen LogP contribution in [0.3, 0.4) is 0 Å². The van der Waals surface area contributed by atoms with Gasteiger partial charge in [-0.05, 0) is 45.1 Å². The van der Waals surface area contributed by atoms with Crippen molar-refractivity contribution in [3.63, 3.8) is 0 Å². The van der Waals surface area contributed by atoms with Crippen LogP contribution in [0.4, 0.5) is 0 Å². The zero-order valence-electron chi connectivity index (χ0n) is 35.9. The van der Waals surface area contributed by atoms with E-state index in [2.05, 4.69) is 0 Å². The standard InChI is InChI=1S/C43H56O17/c1-12-21(4)30(47)53-25-16-35(7)28(23-13-14-52-18-23)54-27(45)17-40(35)43-32(55-29(46)20(2)3)41(50)31(56-33(48)36(8)22(5)57-36)34(6)19-39(41,49)37(9,24(34)15-26(44)51-11)42(25,43)59-38(10,58-40)60-43/h13-14,18,20-22,24-25,28,31-32,49-50H,12,15-17,19H2,1-11H3/t21-,22-,24-,25+,28-,31-,32+,34-,35-,36+,37+,38+,39+,40-,41-,42-,43-/m0/s1. The van der Waals surface area contributed by atoms with Crippen LogP contribution in [-0.4, -0.2) is 111 Å². The van der Waals surface area contributed by atoms with Crippen LogP contribution in [0.1, 0.15) is 113 Å². The van der Waals surface area contributed by atoms with Crippen molar-refractivity contribution >= 4 is 29.8 Å². The van der Waals surface area contributed by atoms with Gasteiger partial charge in [0.25, 0.3) is 5.97 Å². The van der Waals surface area contributed by atoms with Crippen LogP contribution in [0.25, 0.3) is 0 Å². The van der Waals surface area contributed by atoms with Gasteiger partial charge in [-0.25, -0.2) is 4.79 Å². The molecular formula is C43H56O17. The molecule has 4 aliphatic carbocycles. The minimum atomic E-state index is -2.80. The summed E-state index contributed by atoms with van der Waals surface area (Å²) in [7, 11) is 1.21. The molecule has 4 saturated carbocycles. The Bertz CT molecular complexity index is 2070. The Balaban J connectivity index is 1.41. The second kappa shape index (κ2) is 12.1. The predicted octanol–water partition coefficient (Wildman–Crippen LogP) is 3.34. The Morgan fingerprint density at radius 1 is 0.933 bits per heavy atom. The van der Waals surface area contributed by atoms with Crippen LogP contribution in [-0.2, 0) is 66.6 Å². The first-order valence-electron chi connectivity index (χ1n) is 21.0. The first kappa shape index (κ1) is 41.7. The molecule has 8 fully saturated rings. The van der Waals surface area contributed by atoms with Crippen LogP contribution in [0.15, 0.2) is 23.0 Å². The van der Waals surface area contributed by atoms with E-state index in [0.717, 1.165) is 0 Å². The normalized spacial score (nSPS) is 51.6. The number of carbonyl (C=O) groups excluding carboxylic acids is 5. The van der Waals surface area contributed by atoms with E-state index in [1.807, 2.05) is 6.92 Å². The third-order valence-electron chi connectivity index (χ3n) is 16.8. The maximum absolute atomic E-state index is 14.4. The van der Waals surface area contributed by atoms with Crippen molar-refractivity contribution in [2.45, 2.75) is 171 Å². The molecule has 5 heterocycles. The molecule has 1 aromatic heterocycles. The van der Waals surface area contributed by atoms with Gasteiger partial charge in [0.2, 0.25) is 0 Å². The summed E-state index contributed by atoms with van der Waals surface area (Å²) < 4.78 is 63.7. The highest BCUT2D eigenvalue weighted by atomic mass is 17.0. The zero-order chi connectivity index (χ0) is 43.8. The molecule has 4 bridgehead atoms. The van der Waals surface area contributed by atoms with Crippen LogP contribution >= 0.6 is 0 Å². The molecule has 17 nitrogen and oxygen atoms in total. The highest BCUT2D eigenvalue weighted by Gasteiger charge is 3.07. The van der Waals surface area contributed by atoms with Gasteiger partial charge in [-0.2, -0.15) is 0 Å². The molecule has 0 radical (unpaired) electrons. The average molecular weight is 845 g/mol. The van der Waals surface area contributed by atoms with Gasteiger partial charge >= 0.3 is 29.8 Å². The molecule has 4 aliphatic heterocycles.